The fourth-order valence-electron chi connectivity index (χ4n) is 2.80. The molecule has 1 saturated carbocycles. The molecule has 2 fully saturated rings. The Morgan fingerprint density at radius 2 is 1.77 bits per heavy atom. The van der Waals surface area contributed by atoms with Gasteiger partial charge in [-0.15, -0.1) is 0 Å². The number of hydrogen-bond donors (Lipinski definition) is 2. The summed E-state index contributed by atoms with van der Waals surface area (Å²) in [6, 6.07) is 11.0. The van der Waals surface area contributed by atoms with Crippen LogP contribution in [0.15, 0.2) is 36.5 Å². The molecule has 0 spiro atoms. The fraction of sp³-hybridized carbons (Fsp3) is 0.412. The molecule has 0 atom stereocenters. The lowest BCUT2D eigenvalue weighted by molar-refractivity contribution is 0.949. The number of anilines is 4. The van der Waals surface area contributed by atoms with Gasteiger partial charge in [0.15, 0.2) is 0 Å². The molecule has 1 aromatic heterocycles. The third-order valence-electron chi connectivity index (χ3n) is 4.18. The summed E-state index contributed by atoms with van der Waals surface area (Å²) in [5.74, 6) is 1.54. The molecule has 22 heavy (non-hydrogen) atoms. The third kappa shape index (κ3) is 3.13. The van der Waals surface area contributed by atoms with Gasteiger partial charge in [-0.3, -0.25) is 0 Å². The summed E-state index contributed by atoms with van der Waals surface area (Å²) in [5, 5.41) is 6.67. The van der Waals surface area contributed by atoms with Crippen LogP contribution in [0.5, 0.6) is 0 Å². The van der Waals surface area contributed by atoms with Gasteiger partial charge < -0.3 is 15.5 Å². The van der Waals surface area contributed by atoms with Gasteiger partial charge in [-0.1, -0.05) is 0 Å². The van der Waals surface area contributed by atoms with Crippen molar-refractivity contribution in [2.45, 2.75) is 31.7 Å². The lowest BCUT2D eigenvalue weighted by Gasteiger charge is -2.17. The Labute approximate surface area is 130 Å². The van der Waals surface area contributed by atoms with E-state index >= 15 is 0 Å². The summed E-state index contributed by atoms with van der Waals surface area (Å²) in [6.07, 6.45) is 6.87. The lowest BCUT2D eigenvalue weighted by Crippen LogP contribution is -2.17. The zero-order valence-electron chi connectivity index (χ0n) is 12.6. The molecule has 5 nitrogen and oxygen atoms in total. The monoisotopic (exact) mass is 295 g/mol. The van der Waals surface area contributed by atoms with E-state index in [1.807, 2.05) is 6.07 Å². The largest absolute Gasteiger partial charge is 0.372 e. The van der Waals surface area contributed by atoms with Crippen molar-refractivity contribution in [3.05, 3.63) is 36.5 Å². The predicted molar refractivity (Wildman–Crippen MR) is 89.8 cm³/mol. The van der Waals surface area contributed by atoms with Crippen LogP contribution in [0.25, 0.3) is 0 Å². The first-order valence-corrected chi connectivity index (χ1v) is 8.08. The van der Waals surface area contributed by atoms with Gasteiger partial charge in [-0.2, -0.15) is 4.98 Å². The van der Waals surface area contributed by atoms with Gasteiger partial charge >= 0.3 is 0 Å². The summed E-state index contributed by atoms with van der Waals surface area (Å²) < 4.78 is 0. The van der Waals surface area contributed by atoms with Crippen LogP contribution in [0.4, 0.5) is 23.1 Å². The van der Waals surface area contributed by atoms with E-state index in [0.717, 1.165) is 11.5 Å². The lowest BCUT2D eigenvalue weighted by atomic mass is 10.2. The Hall–Kier alpha value is -2.30. The standard InChI is InChI=1S/C17H21N5/c1-2-12-22(11-1)15-7-5-14(6-8-15)20-17-18-10-9-16(21-17)19-13-3-4-13/h5-10,13H,1-4,11-12H2,(H2,18,19,20,21). The topological polar surface area (TPSA) is 53.1 Å². The van der Waals surface area contributed by atoms with Gasteiger partial charge in [0.25, 0.3) is 0 Å². The fourth-order valence-corrected chi connectivity index (χ4v) is 2.80. The summed E-state index contributed by atoms with van der Waals surface area (Å²) in [6.45, 7) is 2.34. The smallest absolute Gasteiger partial charge is 0.229 e. The Balaban J connectivity index is 1.43. The number of nitrogens with one attached hydrogen (secondary N) is 2. The molecule has 114 valence electrons. The minimum atomic E-state index is 0.600. The zero-order valence-corrected chi connectivity index (χ0v) is 12.6. The van der Waals surface area contributed by atoms with Crippen LogP contribution in [0.1, 0.15) is 25.7 Å². The number of nitrogens with zero attached hydrogens (tertiary/aromatic N) is 3. The van der Waals surface area contributed by atoms with Crippen LogP contribution < -0.4 is 15.5 Å². The highest BCUT2D eigenvalue weighted by molar-refractivity contribution is 5.60. The van der Waals surface area contributed by atoms with Crippen molar-refractivity contribution in [3.8, 4) is 0 Å². The van der Waals surface area contributed by atoms with Gasteiger partial charge in [0.05, 0.1) is 0 Å². The summed E-state index contributed by atoms with van der Waals surface area (Å²) in [7, 11) is 0. The highest BCUT2D eigenvalue weighted by atomic mass is 15.2. The van der Waals surface area contributed by atoms with Crippen LogP contribution in [0.3, 0.4) is 0 Å². The van der Waals surface area contributed by atoms with Crippen LogP contribution in [0.2, 0.25) is 0 Å². The minimum absolute atomic E-state index is 0.600. The van der Waals surface area contributed by atoms with E-state index in [-0.39, 0.29) is 0 Å². The van der Waals surface area contributed by atoms with Gasteiger partial charge in [0.1, 0.15) is 5.82 Å². The molecule has 0 unspecified atom stereocenters. The minimum Gasteiger partial charge on any atom is -0.372 e. The van der Waals surface area contributed by atoms with Crippen molar-refractivity contribution in [2.75, 3.05) is 28.6 Å². The molecule has 2 aromatic rings. The highest BCUT2D eigenvalue weighted by Gasteiger charge is 2.21. The van der Waals surface area contributed by atoms with Crippen molar-refractivity contribution >= 4 is 23.1 Å². The molecule has 1 aliphatic carbocycles. The van der Waals surface area contributed by atoms with E-state index in [2.05, 4.69) is 49.8 Å². The number of benzene rings is 1. The normalized spacial score (nSPS) is 17.5. The molecule has 2 N–H and O–H groups in total. The average molecular weight is 295 g/mol. The van der Waals surface area contributed by atoms with Gasteiger partial charge in [-0.05, 0) is 56.0 Å². The molecule has 2 heterocycles. The van der Waals surface area contributed by atoms with Crippen LogP contribution in [-0.2, 0) is 0 Å². The van der Waals surface area contributed by atoms with Crippen molar-refractivity contribution in [2.24, 2.45) is 0 Å². The third-order valence-corrected chi connectivity index (χ3v) is 4.18. The molecule has 1 saturated heterocycles. The first-order chi connectivity index (χ1) is 10.9. The molecular formula is C17H21N5. The van der Waals surface area contributed by atoms with Gasteiger partial charge in [0, 0.05) is 36.7 Å². The Kier molecular flexibility index (Phi) is 3.54. The van der Waals surface area contributed by atoms with Crippen LogP contribution in [0, 0.1) is 0 Å². The van der Waals surface area contributed by atoms with E-state index in [1.54, 1.807) is 6.20 Å². The van der Waals surface area contributed by atoms with E-state index in [9.17, 15) is 0 Å². The molecule has 5 heteroatoms. The molecular weight excluding hydrogens is 274 g/mol. The maximum atomic E-state index is 4.50. The highest BCUT2D eigenvalue weighted by Crippen LogP contribution is 2.25. The Morgan fingerprint density at radius 1 is 1.00 bits per heavy atom. The summed E-state index contributed by atoms with van der Waals surface area (Å²) in [5.41, 5.74) is 2.32. The van der Waals surface area contributed by atoms with Crippen LogP contribution >= 0.6 is 0 Å². The first kappa shape index (κ1) is 13.4. The van der Waals surface area contributed by atoms with Crippen LogP contribution in [-0.4, -0.2) is 29.1 Å². The summed E-state index contributed by atoms with van der Waals surface area (Å²) in [4.78, 5) is 11.2. The maximum Gasteiger partial charge on any atom is 0.229 e. The predicted octanol–water partition coefficient (Wildman–Crippen LogP) is 3.39. The van der Waals surface area contributed by atoms with E-state index in [1.165, 1.54) is 44.5 Å². The Morgan fingerprint density at radius 3 is 2.50 bits per heavy atom. The molecule has 0 amide bonds. The number of rotatable bonds is 5. The molecule has 1 aliphatic heterocycles. The second-order valence-corrected chi connectivity index (χ2v) is 6.05. The molecule has 1 aromatic carbocycles. The zero-order chi connectivity index (χ0) is 14.8. The van der Waals surface area contributed by atoms with E-state index in [4.69, 9.17) is 0 Å². The SMILES string of the molecule is c1cc(NC2CC2)nc(Nc2ccc(N3CCCC3)cc2)n1. The van der Waals surface area contributed by atoms with E-state index < -0.39 is 0 Å². The molecule has 0 bridgehead atoms. The van der Waals surface area contributed by atoms with Gasteiger partial charge in [0.2, 0.25) is 5.95 Å². The number of hydrogen-bond acceptors (Lipinski definition) is 5. The number of aromatic nitrogens is 2. The van der Waals surface area contributed by atoms with Crippen molar-refractivity contribution in [1.82, 2.24) is 9.97 Å². The van der Waals surface area contributed by atoms with E-state index in [0.29, 0.717) is 12.0 Å². The molecule has 4 rings (SSSR count). The first-order valence-electron chi connectivity index (χ1n) is 8.08. The van der Waals surface area contributed by atoms with Crippen molar-refractivity contribution < 1.29 is 0 Å². The molecule has 0 radical (unpaired) electrons. The van der Waals surface area contributed by atoms with Crippen molar-refractivity contribution in [3.63, 3.8) is 0 Å². The second-order valence-electron chi connectivity index (χ2n) is 6.05. The maximum absolute atomic E-state index is 4.50. The second kappa shape index (κ2) is 5.83. The molecule has 2 aliphatic rings. The summed E-state index contributed by atoms with van der Waals surface area (Å²) >= 11 is 0. The Bertz CT molecular complexity index is 630. The quantitative estimate of drug-likeness (QED) is 0.885. The van der Waals surface area contributed by atoms with Crippen molar-refractivity contribution in [1.29, 1.82) is 0 Å². The van der Waals surface area contributed by atoms with Gasteiger partial charge in [-0.25, -0.2) is 4.98 Å². The average Bonchev–Trinajstić information content (AvgIpc) is 3.18.